The Kier molecular flexibility index (Phi) is 6.07. The van der Waals surface area contributed by atoms with Gasteiger partial charge in [-0.3, -0.25) is 4.79 Å². The van der Waals surface area contributed by atoms with Gasteiger partial charge in [0.25, 0.3) is 5.22 Å². The van der Waals surface area contributed by atoms with Crippen LogP contribution in [0.5, 0.6) is 0 Å². The molecule has 5 nitrogen and oxygen atoms in total. The largest absolute Gasteiger partial charge is 0.416 e. The molecule has 0 saturated heterocycles. The van der Waals surface area contributed by atoms with Crippen molar-refractivity contribution in [1.82, 2.24) is 10.2 Å². The Balaban J connectivity index is 1.55. The molecule has 26 heavy (non-hydrogen) atoms. The lowest BCUT2D eigenvalue weighted by Crippen LogP contribution is -2.22. The molecule has 2 aromatic carbocycles. The molecular formula is C20H21N3O2S. The Morgan fingerprint density at radius 1 is 1.04 bits per heavy atom. The molecule has 0 spiro atoms. The van der Waals surface area contributed by atoms with Gasteiger partial charge in [-0.25, -0.2) is 0 Å². The van der Waals surface area contributed by atoms with E-state index in [-0.39, 0.29) is 17.1 Å². The zero-order valence-corrected chi connectivity index (χ0v) is 15.6. The normalized spacial score (nSPS) is 13.2. The average Bonchev–Trinajstić information content (AvgIpc) is 3.10. The van der Waals surface area contributed by atoms with Crippen LogP contribution in [0.1, 0.15) is 31.2 Å². The molecule has 1 heterocycles. The van der Waals surface area contributed by atoms with Crippen molar-refractivity contribution in [2.45, 2.75) is 36.7 Å². The molecule has 0 fully saturated rings. The van der Waals surface area contributed by atoms with Crippen molar-refractivity contribution in [2.24, 2.45) is 0 Å². The van der Waals surface area contributed by atoms with E-state index in [0.717, 1.165) is 5.69 Å². The minimum Gasteiger partial charge on any atom is -0.416 e. The maximum atomic E-state index is 12.3. The van der Waals surface area contributed by atoms with Crippen LogP contribution in [0.15, 0.2) is 70.3 Å². The van der Waals surface area contributed by atoms with E-state index in [0.29, 0.717) is 17.5 Å². The Morgan fingerprint density at radius 3 is 2.38 bits per heavy atom. The second-order valence-corrected chi connectivity index (χ2v) is 7.38. The fourth-order valence-corrected chi connectivity index (χ4v) is 3.20. The van der Waals surface area contributed by atoms with Crippen LogP contribution in [0.25, 0.3) is 0 Å². The molecule has 1 aromatic heterocycles. The number of thioether (sulfide) groups is 1. The van der Waals surface area contributed by atoms with E-state index in [4.69, 9.17) is 4.42 Å². The van der Waals surface area contributed by atoms with Gasteiger partial charge < -0.3 is 9.73 Å². The molecule has 0 radical (unpaired) electrons. The summed E-state index contributed by atoms with van der Waals surface area (Å²) in [5.41, 5.74) is 2.00. The molecule has 2 atom stereocenters. The quantitative estimate of drug-likeness (QED) is 0.621. The third-order valence-corrected chi connectivity index (χ3v) is 4.92. The molecule has 1 amide bonds. The van der Waals surface area contributed by atoms with Gasteiger partial charge in [0.1, 0.15) is 0 Å². The summed E-state index contributed by atoms with van der Waals surface area (Å²) >= 11 is 1.26. The first-order valence-electron chi connectivity index (χ1n) is 8.51. The summed E-state index contributed by atoms with van der Waals surface area (Å²) in [6, 6.07) is 19.6. The Bertz CT molecular complexity index is 837. The Hall–Kier alpha value is -2.60. The van der Waals surface area contributed by atoms with Crippen LogP contribution in [0.3, 0.4) is 0 Å². The van der Waals surface area contributed by atoms with Crippen LogP contribution < -0.4 is 5.32 Å². The van der Waals surface area contributed by atoms with E-state index in [1.54, 1.807) is 0 Å². The number of nitrogens with one attached hydrogen (secondary N) is 1. The number of benzene rings is 2. The second kappa shape index (κ2) is 8.67. The fraction of sp³-hybridized carbons (Fsp3) is 0.250. The van der Waals surface area contributed by atoms with Crippen molar-refractivity contribution >= 4 is 23.4 Å². The molecule has 134 valence electrons. The van der Waals surface area contributed by atoms with Crippen molar-refractivity contribution in [1.29, 1.82) is 0 Å². The molecule has 0 aliphatic heterocycles. The summed E-state index contributed by atoms with van der Waals surface area (Å²) in [5, 5.41) is 11.1. The van der Waals surface area contributed by atoms with Crippen LogP contribution in [-0.4, -0.2) is 21.4 Å². The molecule has 6 heteroatoms. The maximum Gasteiger partial charge on any atom is 0.277 e. The highest BCUT2D eigenvalue weighted by Crippen LogP contribution is 2.25. The summed E-state index contributed by atoms with van der Waals surface area (Å²) in [4.78, 5) is 12.3. The molecule has 0 saturated carbocycles. The standard InChI is InChI=1S/C20H21N3O2S/c1-14(16-9-5-3-6-10-16)13-18-22-23-20(25-18)26-15(2)19(24)21-17-11-7-4-8-12-17/h3-12,14-15H,13H2,1-2H3,(H,21,24). The first kappa shape index (κ1) is 18.2. The smallest absolute Gasteiger partial charge is 0.277 e. The predicted octanol–water partition coefficient (Wildman–Crippen LogP) is 4.54. The van der Waals surface area contributed by atoms with E-state index in [9.17, 15) is 4.79 Å². The van der Waals surface area contributed by atoms with E-state index < -0.39 is 0 Å². The zero-order chi connectivity index (χ0) is 18.4. The van der Waals surface area contributed by atoms with E-state index in [2.05, 4.69) is 34.6 Å². The van der Waals surface area contributed by atoms with Crippen LogP contribution in [0.4, 0.5) is 5.69 Å². The number of aromatic nitrogens is 2. The summed E-state index contributed by atoms with van der Waals surface area (Å²) in [5.74, 6) is 0.770. The molecule has 0 aliphatic carbocycles. The molecule has 3 aromatic rings. The number of carbonyl (C=O) groups excluding carboxylic acids is 1. The van der Waals surface area contributed by atoms with Crippen LogP contribution in [-0.2, 0) is 11.2 Å². The predicted molar refractivity (Wildman–Crippen MR) is 103 cm³/mol. The molecule has 2 unspecified atom stereocenters. The third-order valence-electron chi connectivity index (χ3n) is 3.99. The molecular weight excluding hydrogens is 346 g/mol. The average molecular weight is 367 g/mol. The number of carbonyl (C=O) groups is 1. The van der Waals surface area contributed by atoms with Crippen molar-refractivity contribution < 1.29 is 9.21 Å². The highest BCUT2D eigenvalue weighted by Gasteiger charge is 2.19. The third kappa shape index (κ3) is 4.95. The van der Waals surface area contributed by atoms with Crippen molar-refractivity contribution in [3.63, 3.8) is 0 Å². The van der Waals surface area contributed by atoms with Gasteiger partial charge in [0.15, 0.2) is 0 Å². The van der Waals surface area contributed by atoms with E-state index in [1.165, 1.54) is 17.3 Å². The number of anilines is 1. The van der Waals surface area contributed by atoms with Crippen molar-refractivity contribution in [2.75, 3.05) is 5.32 Å². The highest BCUT2D eigenvalue weighted by atomic mass is 32.2. The number of nitrogens with zero attached hydrogens (tertiary/aromatic N) is 2. The van der Waals surface area contributed by atoms with Gasteiger partial charge in [0.2, 0.25) is 11.8 Å². The van der Waals surface area contributed by atoms with Crippen molar-refractivity contribution in [3.8, 4) is 0 Å². The Labute approximate surface area is 157 Å². The van der Waals surface area contributed by atoms with Gasteiger partial charge in [0, 0.05) is 12.1 Å². The van der Waals surface area contributed by atoms with Crippen LogP contribution in [0, 0.1) is 0 Å². The number of para-hydroxylation sites is 1. The molecule has 3 rings (SSSR count). The first-order valence-corrected chi connectivity index (χ1v) is 9.39. The summed E-state index contributed by atoms with van der Waals surface area (Å²) < 4.78 is 5.71. The Morgan fingerprint density at radius 2 is 1.69 bits per heavy atom. The molecule has 0 bridgehead atoms. The molecule has 1 N–H and O–H groups in total. The first-order chi connectivity index (χ1) is 12.6. The lowest BCUT2D eigenvalue weighted by molar-refractivity contribution is -0.115. The summed E-state index contributed by atoms with van der Waals surface area (Å²) in [6.45, 7) is 3.95. The van der Waals surface area contributed by atoms with E-state index in [1.807, 2.05) is 55.5 Å². The minimum atomic E-state index is -0.338. The van der Waals surface area contributed by atoms with E-state index >= 15 is 0 Å². The molecule has 0 aliphatic rings. The number of rotatable bonds is 7. The lowest BCUT2D eigenvalue weighted by Gasteiger charge is -2.10. The van der Waals surface area contributed by atoms with Gasteiger partial charge in [-0.05, 0) is 30.5 Å². The lowest BCUT2D eigenvalue weighted by atomic mass is 9.98. The van der Waals surface area contributed by atoms with Gasteiger partial charge in [0.05, 0.1) is 5.25 Å². The number of hydrogen-bond donors (Lipinski definition) is 1. The number of hydrogen-bond acceptors (Lipinski definition) is 5. The van der Waals surface area contributed by atoms with Gasteiger partial charge in [-0.2, -0.15) is 0 Å². The highest BCUT2D eigenvalue weighted by molar-refractivity contribution is 8.00. The zero-order valence-electron chi connectivity index (χ0n) is 14.8. The SMILES string of the molecule is CC(Sc1nnc(CC(C)c2ccccc2)o1)C(=O)Nc1ccccc1. The topological polar surface area (TPSA) is 68.0 Å². The second-order valence-electron chi connectivity index (χ2n) is 6.09. The summed E-state index contributed by atoms with van der Waals surface area (Å²) in [6.07, 6.45) is 0.669. The van der Waals surface area contributed by atoms with Crippen LogP contribution >= 0.6 is 11.8 Å². The summed E-state index contributed by atoms with van der Waals surface area (Å²) in [7, 11) is 0. The van der Waals surface area contributed by atoms with Gasteiger partial charge >= 0.3 is 0 Å². The monoisotopic (exact) mass is 367 g/mol. The van der Waals surface area contributed by atoms with Gasteiger partial charge in [-0.15, -0.1) is 10.2 Å². The number of amides is 1. The van der Waals surface area contributed by atoms with Crippen LogP contribution in [0.2, 0.25) is 0 Å². The van der Waals surface area contributed by atoms with Gasteiger partial charge in [-0.1, -0.05) is 67.2 Å². The minimum absolute atomic E-state index is 0.0985. The van der Waals surface area contributed by atoms with Crippen molar-refractivity contribution in [3.05, 3.63) is 72.1 Å². The fourth-order valence-electron chi connectivity index (χ4n) is 2.50. The maximum absolute atomic E-state index is 12.3.